The van der Waals surface area contributed by atoms with Crippen molar-refractivity contribution in [3.05, 3.63) is 88.4 Å². The number of hydrogen-bond acceptors (Lipinski definition) is 4. The normalized spacial score (nSPS) is 17.8. The number of aryl methyl sites for hydroxylation is 1. The van der Waals surface area contributed by atoms with E-state index in [-0.39, 0.29) is 23.0 Å². The lowest BCUT2D eigenvalue weighted by atomic mass is 9.92. The summed E-state index contributed by atoms with van der Waals surface area (Å²) in [6, 6.07) is 16.2. The van der Waals surface area contributed by atoms with Crippen molar-refractivity contribution < 1.29 is 14.0 Å². The lowest BCUT2D eigenvalue weighted by Crippen LogP contribution is -2.47. The number of nitrogens with zero attached hydrogens (tertiary/aromatic N) is 4. The monoisotopic (exact) mass is 480 g/mol. The summed E-state index contributed by atoms with van der Waals surface area (Å²) in [5.41, 5.74) is 3.57. The van der Waals surface area contributed by atoms with E-state index >= 15 is 0 Å². The molecule has 2 heterocycles. The van der Waals surface area contributed by atoms with E-state index in [4.69, 9.17) is 5.10 Å². The van der Waals surface area contributed by atoms with Crippen molar-refractivity contribution in [2.75, 3.05) is 0 Å². The molecule has 1 fully saturated rings. The van der Waals surface area contributed by atoms with Crippen molar-refractivity contribution in [1.29, 1.82) is 5.26 Å². The second kappa shape index (κ2) is 9.38. The molecule has 1 aliphatic carbocycles. The molecule has 2 aromatic carbocycles. The maximum absolute atomic E-state index is 14.5. The molecule has 36 heavy (non-hydrogen) atoms. The van der Waals surface area contributed by atoms with Crippen molar-refractivity contribution >= 4 is 17.9 Å². The van der Waals surface area contributed by atoms with E-state index in [1.165, 1.54) is 11.0 Å². The van der Waals surface area contributed by atoms with Gasteiger partial charge in [-0.05, 0) is 62.1 Å². The Labute approximate surface area is 209 Å². The number of nitriles is 1. The van der Waals surface area contributed by atoms with E-state index in [9.17, 15) is 19.2 Å². The van der Waals surface area contributed by atoms with E-state index in [1.807, 2.05) is 36.4 Å². The van der Waals surface area contributed by atoms with E-state index < -0.39 is 11.8 Å². The molecular formula is C29H25FN4O2. The zero-order chi connectivity index (χ0) is 25.4. The number of carbonyl (C=O) groups excluding carboxylic acids is 2. The van der Waals surface area contributed by atoms with Crippen molar-refractivity contribution in [2.24, 2.45) is 0 Å². The van der Waals surface area contributed by atoms with Gasteiger partial charge in [-0.2, -0.15) is 10.4 Å². The van der Waals surface area contributed by atoms with Crippen LogP contribution in [0.2, 0.25) is 0 Å². The second-order valence-electron chi connectivity index (χ2n) is 9.27. The Bertz CT molecular complexity index is 1470. The van der Waals surface area contributed by atoms with Crippen molar-refractivity contribution in [3.8, 4) is 23.0 Å². The highest BCUT2D eigenvalue weighted by Gasteiger charge is 2.40. The summed E-state index contributed by atoms with van der Waals surface area (Å²) in [7, 11) is 0. The first-order valence-corrected chi connectivity index (χ1v) is 12.0. The first kappa shape index (κ1) is 23.4. The number of imide groups is 1. The molecule has 1 aliphatic heterocycles. The summed E-state index contributed by atoms with van der Waals surface area (Å²) >= 11 is 0. The van der Waals surface area contributed by atoms with Gasteiger partial charge in [-0.25, -0.2) is 9.07 Å². The highest BCUT2D eigenvalue weighted by molar-refractivity contribution is 6.20. The van der Waals surface area contributed by atoms with Gasteiger partial charge < -0.3 is 0 Å². The summed E-state index contributed by atoms with van der Waals surface area (Å²) in [6.07, 6.45) is 6.81. The minimum absolute atomic E-state index is 0.0221. The number of halogens is 1. The third-order valence-corrected chi connectivity index (χ3v) is 6.97. The van der Waals surface area contributed by atoms with Gasteiger partial charge >= 0.3 is 0 Å². The number of amides is 2. The Balaban J connectivity index is 1.69. The molecule has 0 atom stereocenters. The summed E-state index contributed by atoms with van der Waals surface area (Å²) < 4.78 is 16.2. The molecule has 0 N–H and O–H groups in total. The third-order valence-electron chi connectivity index (χ3n) is 6.97. The SMILES string of the molecule is CC1=C(C#N)C(=O)N(C2CCCC2)C(=O)/C1=C/c1cn(-c2ccccc2)nc1-c1ccc(C)c(F)c1. The first-order valence-electron chi connectivity index (χ1n) is 12.0. The Morgan fingerprint density at radius 1 is 1.06 bits per heavy atom. The fraction of sp³-hybridized carbons (Fsp3) is 0.241. The van der Waals surface area contributed by atoms with Crippen LogP contribution in [0.4, 0.5) is 4.39 Å². The topological polar surface area (TPSA) is 79.0 Å². The van der Waals surface area contributed by atoms with Gasteiger partial charge in [0.2, 0.25) is 0 Å². The van der Waals surface area contributed by atoms with Crippen LogP contribution in [0.1, 0.15) is 43.7 Å². The van der Waals surface area contributed by atoms with Crippen LogP contribution >= 0.6 is 0 Å². The molecule has 7 heteroatoms. The Hall–Kier alpha value is -4.31. The van der Waals surface area contributed by atoms with Gasteiger partial charge in [0.25, 0.3) is 11.8 Å². The molecule has 3 aromatic rings. The van der Waals surface area contributed by atoms with Gasteiger partial charge in [0.1, 0.15) is 23.2 Å². The maximum atomic E-state index is 14.5. The number of aromatic nitrogens is 2. The first-order chi connectivity index (χ1) is 17.4. The van der Waals surface area contributed by atoms with Gasteiger partial charge in [-0.1, -0.05) is 43.2 Å². The molecule has 2 aliphatic rings. The van der Waals surface area contributed by atoms with E-state index in [2.05, 4.69) is 0 Å². The molecule has 2 amide bonds. The number of benzene rings is 2. The van der Waals surface area contributed by atoms with Crippen molar-refractivity contribution in [2.45, 2.75) is 45.6 Å². The van der Waals surface area contributed by atoms with Crippen molar-refractivity contribution in [1.82, 2.24) is 14.7 Å². The van der Waals surface area contributed by atoms with Gasteiger partial charge in [-0.15, -0.1) is 0 Å². The Morgan fingerprint density at radius 3 is 2.44 bits per heavy atom. The zero-order valence-corrected chi connectivity index (χ0v) is 20.2. The summed E-state index contributed by atoms with van der Waals surface area (Å²) in [5.74, 6) is -1.28. The smallest absolute Gasteiger partial charge is 0.271 e. The van der Waals surface area contributed by atoms with Crippen LogP contribution in [0.15, 0.2) is 71.4 Å². The number of para-hydroxylation sites is 1. The number of carbonyl (C=O) groups is 2. The van der Waals surface area contributed by atoms with Gasteiger partial charge in [-0.3, -0.25) is 14.5 Å². The molecule has 1 aromatic heterocycles. The quantitative estimate of drug-likeness (QED) is 0.364. The zero-order valence-electron chi connectivity index (χ0n) is 20.2. The average molecular weight is 481 g/mol. The standard InChI is InChI=1S/C29H25FN4O2/c1-18-12-13-20(15-26(18)30)27-21(17-33(32-27)22-8-4-3-5-9-22)14-24-19(2)25(16-31)29(36)34(28(24)35)23-10-6-7-11-23/h3-5,8-9,12-15,17,23H,6-7,10-11H2,1-2H3/b24-14+. The molecule has 1 saturated carbocycles. The van der Waals surface area contributed by atoms with Gasteiger partial charge in [0.15, 0.2) is 0 Å². The lowest BCUT2D eigenvalue weighted by Gasteiger charge is -2.32. The molecule has 180 valence electrons. The highest BCUT2D eigenvalue weighted by atomic mass is 19.1. The van der Waals surface area contributed by atoms with Crippen LogP contribution in [0.3, 0.4) is 0 Å². The lowest BCUT2D eigenvalue weighted by molar-refractivity contribution is -0.143. The fourth-order valence-corrected chi connectivity index (χ4v) is 4.92. The van der Waals surface area contributed by atoms with Crippen LogP contribution < -0.4 is 0 Å². The number of hydrogen-bond donors (Lipinski definition) is 0. The fourth-order valence-electron chi connectivity index (χ4n) is 4.92. The van der Waals surface area contributed by atoms with E-state index in [0.717, 1.165) is 31.4 Å². The summed E-state index contributed by atoms with van der Waals surface area (Å²) in [4.78, 5) is 27.9. The van der Waals surface area contributed by atoms with Crippen LogP contribution in [-0.4, -0.2) is 32.5 Å². The van der Waals surface area contributed by atoms with E-state index in [0.29, 0.717) is 28.0 Å². The van der Waals surface area contributed by atoms with Crippen LogP contribution in [0.5, 0.6) is 0 Å². The largest absolute Gasteiger partial charge is 0.271 e. The highest BCUT2D eigenvalue weighted by Crippen LogP contribution is 2.35. The Kier molecular flexibility index (Phi) is 6.11. The van der Waals surface area contributed by atoms with E-state index in [1.54, 1.807) is 42.9 Å². The predicted octanol–water partition coefficient (Wildman–Crippen LogP) is 5.52. The molecule has 0 spiro atoms. The summed E-state index contributed by atoms with van der Waals surface area (Å²) in [5, 5.41) is 14.5. The second-order valence-corrected chi connectivity index (χ2v) is 9.27. The van der Waals surface area contributed by atoms with Gasteiger partial charge in [0, 0.05) is 28.9 Å². The average Bonchev–Trinajstić information content (AvgIpc) is 3.55. The van der Waals surface area contributed by atoms with Crippen molar-refractivity contribution in [3.63, 3.8) is 0 Å². The minimum atomic E-state index is -0.523. The van der Waals surface area contributed by atoms with Crippen LogP contribution in [-0.2, 0) is 9.59 Å². The molecule has 0 bridgehead atoms. The van der Waals surface area contributed by atoms with Crippen LogP contribution in [0, 0.1) is 24.1 Å². The van der Waals surface area contributed by atoms with Gasteiger partial charge in [0.05, 0.1) is 5.69 Å². The Morgan fingerprint density at radius 2 is 1.78 bits per heavy atom. The number of rotatable bonds is 4. The molecule has 5 rings (SSSR count). The molecule has 0 radical (unpaired) electrons. The molecule has 6 nitrogen and oxygen atoms in total. The molecular weight excluding hydrogens is 455 g/mol. The third kappa shape index (κ3) is 4.05. The molecule has 0 unspecified atom stereocenters. The molecule has 0 saturated heterocycles. The summed E-state index contributed by atoms with van der Waals surface area (Å²) in [6.45, 7) is 3.32. The predicted molar refractivity (Wildman–Crippen MR) is 134 cm³/mol. The maximum Gasteiger partial charge on any atom is 0.271 e. The minimum Gasteiger partial charge on any atom is -0.271 e. The van der Waals surface area contributed by atoms with Crippen LogP contribution in [0.25, 0.3) is 23.0 Å².